The first kappa shape index (κ1) is 21.1. The van der Waals surface area contributed by atoms with E-state index in [9.17, 15) is 5.11 Å². The second-order valence-corrected chi connectivity index (χ2v) is 8.17. The quantitative estimate of drug-likeness (QED) is 0.411. The first-order chi connectivity index (χ1) is 13.9. The van der Waals surface area contributed by atoms with Gasteiger partial charge in [0.1, 0.15) is 11.4 Å². The van der Waals surface area contributed by atoms with Gasteiger partial charge in [0, 0.05) is 26.0 Å². The topological polar surface area (TPSA) is 72.8 Å². The molecule has 0 amide bonds. The number of aliphatic imine (C=N–C) groups is 1. The third kappa shape index (κ3) is 5.25. The van der Waals surface area contributed by atoms with Crippen molar-refractivity contribution in [2.75, 3.05) is 32.1 Å². The number of rotatable bonds is 7. The molecule has 0 aliphatic heterocycles. The van der Waals surface area contributed by atoms with Gasteiger partial charge >= 0.3 is 0 Å². The highest BCUT2D eigenvalue weighted by Crippen LogP contribution is 2.23. The number of guanidine groups is 1. The van der Waals surface area contributed by atoms with Crippen molar-refractivity contribution < 1.29 is 5.11 Å². The molecule has 1 atom stereocenters. The molecule has 6 nitrogen and oxygen atoms in total. The van der Waals surface area contributed by atoms with Gasteiger partial charge < -0.3 is 20.6 Å². The molecule has 7 heteroatoms. The van der Waals surface area contributed by atoms with E-state index in [2.05, 4.69) is 22.8 Å². The van der Waals surface area contributed by atoms with E-state index in [1.807, 2.05) is 67.9 Å². The Morgan fingerprint density at radius 3 is 2.72 bits per heavy atom. The fourth-order valence-electron chi connectivity index (χ4n) is 3.03. The monoisotopic (exact) mass is 411 g/mol. The van der Waals surface area contributed by atoms with Crippen molar-refractivity contribution in [2.24, 2.45) is 4.99 Å². The smallest absolute Gasteiger partial charge is 0.191 e. The second kappa shape index (κ2) is 9.24. The standard InChI is InChI=1S/C22H29N5OS/c1-5-23-21(25-15-22(2,28)17-10-11-29-14-17)24-13-16-12-20(27(3)4)26-19-9-7-6-8-18(16)19/h6-12,14,28H,5,13,15H2,1-4H3,(H2,23,24,25). The van der Waals surface area contributed by atoms with Crippen LogP contribution in [0.4, 0.5) is 5.82 Å². The lowest BCUT2D eigenvalue weighted by Crippen LogP contribution is -2.44. The number of thiophene rings is 1. The van der Waals surface area contributed by atoms with E-state index >= 15 is 0 Å². The molecule has 0 saturated carbocycles. The number of aromatic nitrogens is 1. The molecule has 2 aromatic heterocycles. The Kier molecular flexibility index (Phi) is 6.71. The zero-order chi connectivity index (χ0) is 20.9. The number of anilines is 1. The number of benzene rings is 1. The lowest BCUT2D eigenvalue weighted by atomic mass is 9.99. The molecule has 3 N–H and O–H groups in total. The number of nitrogens with one attached hydrogen (secondary N) is 2. The van der Waals surface area contributed by atoms with Gasteiger partial charge in [0.15, 0.2) is 5.96 Å². The third-order valence-electron chi connectivity index (χ3n) is 4.74. The Morgan fingerprint density at radius 1 is 1.24 bits per heavy atom. The number of aliphatic hydroxyl groups is 1. The first-order valence-corrected chi connectivity index (χ1v) is 10.7. The van der Waals surface area contributed by atoms with Crippen LogP contribution in [-0.4, -0.2) is 43.2 Å². The summed E-state index contributed by atoms with van der Waals surface area (Å²) < 4.78 is 0. The van der Waals surface area contributed by atoms with Crippen LogP contribution < -0.4 is 15.5 Å². The van der Waals surface area contributed by atoms with Gasteiger partial charge in [0.05, 0.1) is 18.6 Å². The van der Waals surface area contributed by atoms with Gasteiger partial charge in [0.25, 0.3) is 0 Å². The van der Waals surface area contributed by atoms with Crippen molar-refractivity contribution in [3.63, 3.8) is 0 Å². The van der Waals surface area contributed by atoms with Crippen LogP contribution in [0.15, 0.2) is 52.2 Å². The molecule has 0 aliphatic carbocycles. The largest absolute Gasteiger partial charge is 0.384 e. The summed E-state index contributed by atoms with van der Waals surface area (Å²) in [7, 11) is 3.98. The third-order valence-corrected chi connectivity index (χ3v) is 5.42. The Morgan fingerprint density at radius 2 is 2.03 bits per heavy atom. The lowest BCUT2D eigenvalue weighted by molar-refractivity contribution is 0.0621. The number of fused-ring (bicyclic) bond motifs is 1. The van der Waals surface area contributed by atoms with E-state index in [0.29, 0.717) is 19.0 Å². The van der Waals surface area contributed by atoms with Crippen molar-refractivity contribution in [1.29, 1.82) is 0 Å². The van der Waals surface area contributed by atoms with E-state index in [-0.39, 0.29) is 0 Å². The maximum absolute atomic E-state index is 10.8. The molecule has 0 saturated heterocycles. The Bertz CT molecular complexity index is 967. The molecule has 2 heterocycles. The van der Waals surface area contributed by atoms with Crippen LogP contribution in [0.5, 0.6) is 0 Å². The average molecular weight is 412 g/mol. The molecule has 0 radical (unpaired) electrons. The summed E-state index contributed by atoms with van der Waals surface area (Å²) in [5.74, 6) is 1.59. The normalized spacial score (nSPS) is 13.9. The van der Waals surface area contributed by atoms with Crippen LogP contribution >= 0.6 is 11.3 Å². The number of pyridine rings is 1. The summed E-state index contributed by atoms with van der Waals surface area (Å²) >= 11 is 1.58. The van der Waals surface area contributed by atoms with Crippen LogP contribution in [0.2, 0.25) is 0 Å². The highest BCUT2D eigenvalue weighted by Gasteiger charge is 2.23. The average Bonchev–Trinajstić information content (AvgIpc) is 3.25. The van der Waals surface area contributed by atoms with Gasteiger partial charge in [-0.3, -0.25) is 0 Å². The minimum absolute atomic E-state index is 0.371. The molecule has 3 rings (SSSR count). The zero-order valence-electron chi connectivity index (χ0n) is 17.4. The van der Waals surface area contributed by atoms with Gasteiger partial charge in [-0.2, -0.15) is 11.3 Å². The van der Waals surface area contributed by atoms with E-state index in [1.165, 1.54) is 0 Å². The number of hydrogen-bond donors (Lipinski definition) is 3. The maximum Gasteiger partial charge on any atom is 0.191 e. The second-order valence-electron chi connectivity index (χ2n) is 7.39. The van der Waals surface area contributed by atoms with E-state index in [0.717, 1.165) is 34.4 Å². The lowest BCUT2D eigenvalue weighted by Gasteiger charge is -2.24. The van der Waals surface area contributed by atoms with Crippen LogP contribution in [0.1, 0.15) is 25.0 Å². The van der Waals surface area contributed by atoms with Crippen LogP contribution in [0, 0.1) is 0 Å². The molecule has 1 aromatic carbocycles. The highest BCUT2D eigenvalue weighted by molar-refractivity contribution is 7.08. The summed E-state index contributed by atoms with van der Waals surface area (Å²) in [6, 6.07) is 12.2. The van der Waals surface area contributed by atoms with Crippen molar-refractivity contribution in [3.05, 3.63) is 58.3 Å². The maximum atomic E-state index is 10.8. The summed E-state index contributed by atoms with van der Waals surface area (Å²) in [6.45, 7) is 5.47. The molecule has 154 valence electrons. The van der Waals surface area contributed by atoms with E-state index in [4.69, 9.17) is 9.98 Å². The highest BCUT2D eigenvalue weighted by atomic mass is 32.1. The van der Waals surface area contributed by atoms with Gasteiger partial charge in [-0.15, -0.1) is 0 Å². The summed E-state index contributed by atoms with van der Waals surface area (Å²) in [5, 5.41) is 22.3. The fourth-order valence-corrected chi connectivity index (χ4v) is 3.81. The van der Waals surface area contributed by atoms with Gasteiger partial charge in [-0.25, -0.2) is 9.98 Å². The van der Waals surface area contributed by atoms with E-state index in [1.54, 1.807) is 11.3 Å². The molecule has 1 unspecified atom stereocenters. The van der Waals surface area contributed by atoms with Crippen LogP contribution in [0.25, 0.3) is 10.9 Å². The van der Waals surface area contributed by atoms with Crippen LogP contribution in [0.3, 0.4) is 0 Å². The first-order valence-electron chi connectivity index (χ1n) is 9.74. The molecule has 3 aromatic rings. The number of para-hydroxylation sites is 1. The predicted molar refractivity (Wildman–Crippen MR) is 123 cm³/mol. The van der Waals surface area contributed by atoms with Crippen molar-refractivity contribution in [2.45, 2.75) is 26.0 Å². The summed E-state index contributed by atoms with van der Waals surface area (Å²) in [6.07, 6.45) is 0. The van der Waals surface area contributed by atoms with Crippen molar-refractivity contribution in [3.8, 4) is 0 Å². The molecule has 29 heavy (non-hydrogen) atoms. The van der Waals surface area contributed by atoms with Gasteiger partial charge in [-0.05, 0) is 53.9 Å². The minimum Gasteiger partial charge on any atom is -0.384 e. The summed E-state index contributed by atoms with van der Waals surface area (Å²) in [5.41, 5.74) is 2.02. The molecule has 0 fully saturated rings. The minimum atomic E-state index is -0.961. The number of nitrogens with zero attached hydrogens (tertiary/aromatic N) is 3. The van der Waals surface area contributed by atoms with E-state index < -0.39 is 5.60 Å². The fraction of sp³-hybridized carbons (Fsp3) is 0.364. The molecule has 0 aliphatic rings. The number of hydrogen-bond acceptors (Lipinski definition) is 5. The van der Waals surface area contributed by atoms with Gasteiger partial charge in [0.2, 0.25) is 0 Å². The molecular weight excluding hydrogens is 382 g/mol. The van der Waals surface area contributed by atoms with Crippen molar-refractivity contribution >= 4 is 34.0 Å². The molecular formula is C22H29N5OS. The predicted octanol–water partition coefficient (Wildman–Crippen LogP) is 3.33. The summed E-state index contributed by atoms with van der Waals surface area (Å²) in [4.78, 5) is 11.5. The molecule has 0 bridgehead atoms. The van der Waals surface area contributed by atoms with Crippen LogP contribution in [-0.2, 0) is 12.1 Å². The van der Waals surface area contributed by atoms with Crippen molar-refractivity contribution in [1.82, 2.24) is 15.6 Å². The Labute approximate surface area is 176 Å². The zero-order valence-corrected chi connectivity index (χ0v) is 18.3. The Hall–Kier alpha value is -2.64. The SMILES string of the molecule is CCNC(=NCc1cc(N(C)C)nc2ccccc12)NCC(C)(O)c1ccsc1. The van der Waals surface area contributed by atoms with Gasteiger partial charge in [-0.1, -0.05) is 18.2 Å². The Balaban J connectivity index is 1.81. The molecule has 0 spiro atoms.